The second kappa shape index (κ2) is 8.03. The molecule has 0 aliphatic rings. The molecule has 0 aliphatic carbocycles. The van der Waals surface area contributed by atoms with Crippen molar-refractivity contribution in [3.63, 3.8) is 0 Å². The highest BCUT2D eigenvalue weighted by Crippen LogP contribution is 2.28. The molecule has 0 fully saturated rings. The predicted octanol–water partition coefficient (Wildman–Crippen LogP) is 5.96. The molecule has 2 aromatic heterocycles. The van der Waals surface area contributed by atoms with Crippen LogP contribution in [0.5, 0.6) is 0 Å². The minimum absolute atomic E-state index is 0.373. The van der Waals surface area contributed by atoms with E-state index >= 15 is 0 Å². The molecule has 2 aromatic carbocycles. The standard InChI is InChI=1S/C22H14BrN3O2S/c1-13-6-7-18(17(23)8-13)25-11-15(10-24)21-26-19(12-29-21)16-9-14-4-2-3-5-20(14)28-22(16)27/h2-9,11-12,25H,1H3/b15-11+. The summed E-state index contributed by atoms with van der Waals surface area (Å²) in [6.45, 7) is 2.01. The molecule has 1 N–H and O–H groups in total. The molecule has 0 amide bonds. The maximum Gasteiger partial charge on any atom is 0.345 e. The van der Waals surface area contributed by atoms with Gasteiger partial charge in [-0.05, 0) is 52.7 Å². The molecule has 0 saturated heterocycles. The normalized spacial score (nSPS) is 11.4. The lowest BCUT2D eigenvalue weighted by Gasteiger charge is -2.05. The van der Waals surface area contributed by atoms with Crippen molar-refractivity contribution in [1.82, 2.24) is 4.98 Å². The van der Waals surface area contributed by atoms with Crippen LogP contribution >= 0.6 is 27.3 Å². The van der Waals surface area contributed by atoms with Gasteiger partial charge in [-0.3, -0.25) is 0 Å². The lowest BCUT2D eigenvalue weighted by molar-refractivity contribution is 0.563. The minimum atomic E-state index is -0.454. The molecule has 0 spiro atoms. The van der Waals surface area contributed by atoms with Crippen LogP contribution in [0.15, 0.2) is 73.8 Å². The Hall–Kier alpha value is -3.21. The number of aryl methyl sites for hydroxylation is 1. The fourth-order valence-corrected chi connectivity index (χ4v) is 4.18. The van der Waals surface area contributed by atoms with E-state index in [4.69, 9.17) is 4.42 Å². The number of fused-ring (bicyclic) bond motifs is 1. The van der Waals surface area contributed by atoms with Gasteiger partial charge in [-0.15, -0.1) is 11.3 Å². The number of aromatic nitrogens is 1. The molecule has 0 saturated carbocycles. The highest BCUT2D eigenvalue weighted by atomic mass is 79.9. The molecule has 0 aliphatic heterocycles. The van der Waals surface area contributed by atoms with Crippen molar-refractivity contribution < 1.29 is 4.42 Å². The number of allylic oxidation sites excluding steroid dienone is 1. The van der Waals surface area contributed by atoms with E-state index in [2.05, 4.69) is 32.3 Å². The molecule has 29 heavy (non-hydrogen) atoms. The van der Waals surface area contributed by atoms with Gasteiger partial charge < -0.3 is 9.73 Å². The van der Waals surface area contributed by atoms with Crippen LogP contribution in [0.25, 0.3) is 27.8 Å². The number of nitrogens with zero attached hydrogens (tertiary/aromatic N) is 2. The zero-order chi connectivity index (χ0) is 20.4. The first-order valence-electron chi connectivity index (χ1n) is 8.67. The van der Waals surface area contributed by atoms with Crippen molar-refractivity contribution >= 4 is 49.5 Å². The van der Waals surface area contributed by atoms with E-state index < -0.39 is 5.63 Å². The monoisotopic (exact) mass is 463 g/mol. The van der Waals surface area contributed by atoms with E-state index in [0.717, 1.165) is 21.1 Å². The molecule has 142 valence electrons. The highest BCUT2D eigenvalue weighted by molar-refractivity contribution is 9.10. The molecule has 0 unspecified atom stereocenters. The van der Waals surface area contributed by atoms with Gasteiger partial charge in [-0.1, -0.05) is 24.3 Å². The molecule has 4 rings (SSSR count). The second-order valence-electron chi connectivity index (χ2n) is 6.32. The van der Waals surface area contributed by atoms with Crippen LogP contribution in [0.4, 0.5) is 5.69 Å². The first-order valence-corrected chi connectivity index (χ1v) is 10.3. The molecule has 2 heterocycles. The highest BCUT2D eigenvalue weighted by Gasteiger charge is 2.14. The van der Waals surface area contributed by atoms with Crippen LogP contribution in [0.3, 0.4) is 0 Å². The smallest absolute Gasteiger partial charge is 0.345 e. The Kier molecular flexibility index (Phi) is 5.30. The van der Waals surface area contributed by atoms with Gasteiger partial charge in [-0.25, -0.2) is 9.78 Å². The summed E-state index contributed by atoms with van der Waals surface area (Å²) in [5.74, 6) is 0. The molecule has 7 heteroatoms. The third-order valence-corrected chi connectivity index (χ3v) is 5.80. The largest absolute Gasteiger partial charge is 0.422 e. The van der Waals surface area contributed by atoms with Gasteiger partial charge in [0, 0.05) is 21.4 Å². The van der Waals surface area contributed by atoms with Crippen LogP contribution in [0.1, 0.15) is 10.6 Å². The Morgan fingerprint density at radius 1 is 1.28 bits per heavy atom. The number of hydrogen-bond acceptors (Lipinski definition) is 6. The lowest BCUT2D eigenvalue weighted by Crippen LogP contribution is -2.02. The summed E-state index contributed by atoms with van der Waals surface area (Å²) in [6, 6.07) is 17.1. The topological polar surface area (TPSA) is 78.9 Å². The number of halogens is 1. The summed E-state index contributed by atoms with van der Waals surface area (Å²) >= 11 is 4.80. The summed E-state index contributed by atoms with van der Waals surface area (Å²) < 4.78 is 6.29. The Morgan fingerprint density at radius 3 is 2.90 bits per heavy atom. The van der Waals surface area contributed by atoms with Gasteiger partial charge in [0.15, 0.2) is 0 Å². The number of hydrogen-bond donors (Lipinski definition) is 1. The lowest BCUT2D eigenvalue weighted by atomic mass is 10.1. The molecule has 4 aromatic rings. The van der Waals surface area contributed by atoms with E-state index in [-0.39, 0.29) is 0 Å². The number of anilines is 1. The molecular formula is C22H14BrN3O2S. The van der Waals surface area contributed by atoms with Crippen LogP contribution in [-0.2, 0) is 0 Å². The summed E-state index contributed by atoms with van der Waals surface area (Å²) in [7, 11) is 0. The number of benzene rings is 2. The quantitative estimate of drug-likeness (QED) is 0.298. The number of thiazole rings is 1. The summed E-state index contributed by atoms with van der Waals surface area (Å²) in [4.78, 5) is 16.8. The van der Waals surface area contributed by atoms with Gasteiger partial charge in [0.25, 0.3) is 0 Å². The van der Waals surface area contributed by atoms with Crippen LogP contribution in [0.2, 0.25) is 0 Å². The van der Waals surface area contributed by atoms with E-state index in [1.807, 2.05) is 43.3 Å². The van der Waals surface area contributed by atoms with Gasteiger partial charge in [-0.2, -0.15) is 5.26 Å². The van der Waals surface area contributed by atoms with Crippen LogP contribution < -0.4 is 10.9 Å². The molecular weight excluding hydrogens is 450 g/mol. The van der Waals surface area contributed by atoms with E-state index in [1.165, 1.54) is 11.3 Å². The van der Waals surface area contributed by atoms with Crippen molar-refractivity contribution in [2.45, 2.75) is 6.92 Å². The molecule has 0 atom stereocenters. The van der Waals surface area contributed by atoms with Crippen molar-refractivity contribution in [2.75, 3.05) is 5.32 Å². The third-order valence-electron chi connectivity index (χ3n) is 4.27. The van der Waals surface area contributed by atoms with Crippen molar-refractivity contribution in [3.05, 3.63) is 85.6 Å². The minimum Gasteiger partial charge on any atom is -0.422 e. The van der Waals surface area contributed by atoms with Crippen LogP contribution in [0, 0.1) is 18.3 Å². The van der Waals surface area contributed by atoms with Crippen molar-refractivity contribution in [1.29, 1.82) is 5.26 Å². The average molecular weight is 464 g/mol. The van der Waals surface area contributed by atoms with Gasteiger partial charge in [0.05, 0.1) is 16.9 Å². The Labute approximate surface area is 179 Å². The maximum atomic E-state index is 12.4. The van der Waals surface area contributed by atoms with E-state index in [1.54, 1.807) is 23.7 Å². The van der Waals surface area contributed by atoms with Gasteiger partial charge in [0.2, 0.25) is 0 Å². The van der Waals surface area contributed by atoms with Crippen molar-refractivity contribution in [3.8, 4) is 17.3 Å². The number of nitrogens with one attached hydrogen (secondary N) is 1. The predicted molar refractivity (Wildman–Crippen MR) is 120 cm³/mol. The number of nitriles is 1. The SMILES string of the molecule is Cc1ccc(N/C=C(\C#N)c2nc(-c3cc4ccccc4oc3=O)cs2)c(Br)c1. The average Bonchev–Trinajstić information content (AvgIpc) is 3.19. The maximum absolute atomic E-state index is 12.4. The Balaban J connectivity index is 1.66. The first-order chi connectivity index (χ1) is 14.0. The van der Waals surface area contributed by atoms with Crippen molar-refractivity contribution in [2.24, 2.45) is 0 Å². The molecule has 0 radical (unpaired) electrons. The number of para-hydroxylation sites is 1. The summed E-state index contributed by atoms with van der Waals surface area (Å²) in [5.41, 5.74) is 3.28. The first kappa shape index (κ1) is 19.1. The molecule has 0 bridgehead atoms. The van der Waals surface area contributed by atoms with Gasteiger partial charge >= 0.3 is 5.63 Å². The Morgan fingerprint density at radius 2 is 2.10 bits per heavy atom. The number of rotatable bonds is 4. The zero-order valence-electron chi connectivity index (χ0n) is 15.3. The van der Waals surface area contributed by atoms with E-state index in [9.17, 15) is 10.1 Å². The fraction of sp³-hybridized carbons (Fsp3) is 0.0455. The second-order valence-corrected chi connectivity index (χ2v) is 8.03. The fourth-order valence-electron chi connectivity index (χ4n) is 2.79. The van der Waals surface area contributed by atoms with E-state index in [0.29, 0.717) is 27.4 Å². The Bertz CT molecular complexity index is 1350. The third kappa shape index (κ3) is 3.99. The van der Waals surface area contributed by atoms with Crippen LogP contribution in [-0.4, -0.2) is 4.98 Å². The summed E-state index contributed by atoms with van der Waals surface area (Å²) in [6.07, 6.45) is 1.61. The summed E-state index contributed by atoms with van der Waals surface area (Å²) in [5, 5.41) is 15.8. The zero-order valence-corrected chi connectivity index (χ0v) is 17.7. The van der Waals surface area contributed by atoms with Gasteiger partial charge in [0.1, 0.15) is 22.2 Å². The molecule has 5 nitrogen and oxygen atoms in total.